The van der Waals surface area contributed by atoms with Crippen molar-refractivity contribution < 1.29 is 9.53 Å². The van der Waals surface area contributed by atoms with Gasteiger partial charge in [0.15, 0.2) is 10.0 Å². The molecule has 3 aromatic rings. The minimum absolute atomic E-state index is 0.0170. The Morgan fingerprint density at radius 2 is 2.13 bits per heavy atom. The molecule has 1 amide bonds. The third-order valence-electron chi connectivity index (χ3n) is 4.63. The van der Waals surface area contributed by atoms with E-state index in [0.29, 0.717) is 6.54 Å². The molecule has 9 nitrogen and oxygen atoms in total. The molecule has 0 aliphatic heterocycles. The van der Waals surface area contributed by atoms with Crippen LogP contribution in [0.4, 0.5) is 11.5 Å². The highest BCUT2D eigenvalue weighted by atomic mass is 32.2. The average Bonchev–Trinajstić information content (AvgIpc) is 3.17. The van der Waals surface area contributed by atoms with Crippen molar-refractivity contribution in [3.05, 3.63) is 45.1 Å². The molecule has 1 aromatic carbocycles. The zero-order valence-corrected chi connectivity index (χ0v) is 19.1. The van der Waals surface area contributed by atoms with Gasteiger partial charge in [0.25, 0.3) is 5.56 Å². The van der Waals surface area contributed by atoms with E-state index in [4.69, 9.17) is 10.5 Å². The Labute approximate surface area is 187 Å². The number of H-pyrrole nitrogens is 1. The fourth-order valence-electron chi connectivity index (χ4n) is 3.03. The molecule has 0 atom stereocenters. The van der Waals surface area contributed by atoms with Gasteiger partial charge in [0, 0.05) is 20.2 Å². The van der Waals surface area contributed by atoms with Crippen molar-refractivity contribution >= 4 is 50.7 Å². The fraction of sp³-hybridized carbons (Fsp3) is 0.400. The number of carbonyl (C=O) groups is 1. The van der Waals surface area contributed by atoms with Gasteiger partial charge < -0.3 is 15.4 Å². The van der Waals surface area contributed by atoms with Crippen LogP contribution >= 0.6 is 23.1 Å². The number of anilines is 2. The predicted octanol–water partition coefficient (Wildman–Crippen LogP) is 2.30. The second-order valence-electron chi connectivity index (χ2n) is 6.77. The summed E-state index contributed by atoms with van der Waals surface area (Å²) in [4.78, 5) is 46.0. The molecule has 0 spiro atoms. The summed E-state index contributed by atoms with van der Waals surface area (Å²) in [5.74, 6) is -0.271. The van der Waals surface area contributed by atoms with Gasteiger partial charge in [-0.15, -0.1) is 11.3 Å². The lowest BCUT2D eigenvalue weighted by Crippen LogP contribution is -2.43. The second-order valence-corrected chi connectivity index (χ2v) is 9.03. The smallest absolute Gasteiger partial charge is 0.330 e. The number of para-hydroxylation sites is 1. The van der Waals surface area contributed by atoms with Crippen molar-refractivity contribution in [2.24, 2.45) is 0 Å². The first-order valence-electron chi connectivity index (χ1n) is 9.86. The maximum atomic E-state index is 13.1. The number of nitrogen functional groups attached to an aromatic ring is 1. The number of aromatic amines is 1. The number of amides is 1. The molecule has 31 heavy (non-hydrogen) atoms. The molecule has 0 aliphatic carbocycles. The minimum Gasteiger partial charge on any atom is -0.383 e. The van der Waals surface area contributed by atoms with Gasteiger partial charge in [-0.25, -0.2) is 9.78 Å². The summed E-state index contributed by atoms with van der Waals surface area (Å²) >= 11 is 2.80. The topological polar surface area (TPSA) is 123 Å². The lowest BCUT2D eigenvalue weighted by molar-refractivity contribution is -0.116. The second kappa shape index (κ2) is 10.6. The van der Waals surface area contributed by atoms with Crippen LogP contribution in [0.25, 0.3) is 10.2 Å². The van der Waals surface area contributed by atoms with E-state index in [9.17, 15) is 14.4 Å². The molecule has 3 rings (SSSR count). The minimum atomic E-state index is -0.690. The number of nitrogens with two attached hydrogens (primary N) is 1. The van der Waals surface area contributed by atoms with E-state index in [1.54, 1.807) is 0 Å². The SMILES string of the molecule is CCCCn1c(N)c(N(CCOC)C(=O)CSc2nc3ccccc3s2)c(=O)[nH]c1=O. The summed E-state index contributed by atoms with van der Waals surface area (Å²) in [6, 6.07) is 7.75. The van der Waals surface area contributed by atoms with Crippen LogP contribution in [0.1, 0.15) is 19.8 Å². The highest BCUT2D eigenvalue weighted by Gasteiger charge is 2.24. The fourth-order valence-corrected chi connectivity index (χ4v) is 4.98. The van der Waals surface area contributed by atoms with E-state index in [0.717, 1.165) is 27.4 Å². The number of hydrogen-bond donors (Lipinski definition) is 2. The number of ether oxygens (including phenoxy) is 1. The lowest BCUT2D eigenvalue weighted by atomic mass is 10.3. The Balaban J connectivity index is 1.87. The van der Waals surface area contributed by atoms with Crippen LogP contribution in [0.15, 0.2) is 38.2 Å². The van der Waals surface area contributed by atoms with E-state index in [2.05, 4.69) is 9.97 Å². The van der Waals surface area contributed by atoms with Crippen LogP contribution in [0, 0.1) is 0 Å². The number of thiazole rings is 1. The first kappa shape index (κ1) is 23.0. The molecule has 0 radical (unpaired) electrons. The van der Waals surface area contributed by atoms with E-state index in [1.165, 1.54) is 39.7 Å². The van der Waals surface area contributed by atoms with Crippen LogP contribution in [0.3, 0.4) is 0 Å². The standard InChI is InChI=1S/C20H25N5O4S2/c1-3-4-9-25-17(21)16(18(27)23-19(25)28)24(10-11-29-2)15(26)12-30-20-22-13-7-5-6-8-14(13)31-20/h5-8H,3-4,9-12,21H2,1-2H3,(H,23,27,28). The molecule has 0 unspecified atom stereocenters. The zero-order chi connectivity index (χ0) is 22.4. The molecule has 166 valence electrons. The molecular formula is C20H25N5O4S2. The molecule has 0 saturated heterocycles. The zero-order valence-electron chi connectivity index (χ0n) is 17.4. The van der Waals surface area contributed by atoms with Crippen molar-refractivity contribution in [2.45, 2.75) is 30.6 Å². The van der Waals surface area contributed by atoms with E-state index >= 15 is 0 Å². The third kappa shape index (κ3) is 5.35. The van der Waals surface area contributed by atoms with E-state index < -0.39 is 11.2 Å². The number of nitrogens with zero attached hydrogens (tertiary/aromatic N) is 3. The van der Waals surface area contributed by atoms with Crippen molar-refractivity contribution in [1.29, 1.82) is 0 Å². The third-order valence-corrected chi connectivity index (χ3v) is 6.80. The summed E-state index contributed by atoms with van der Waals surface area (Å²) in [5.41, 5.74) is 5.77. The van der Waals surface area contributed by atoms with Crippen LogP contribution in [-0.2, 0) is 16.1 Å². The number of carbonyl (C=O) groups excluding carboxylic acids is 1. The number of aromatic nitrogens is 3. The Morgan fingerprint density at radius 3 is 2.84 bits per heavy atom. The maximum Gasteiger partial charge on any atom is 0.330 e. The Hall–Kier alpha value is -2.63. The predicted molar refractivity (Wildman–Crippen MR) is 125 cm³/mol. The normalized spacial score (nSPS) is 11.2. The Bertz CT molecular complexity index is 1140. The number of methoxy groups -OCH3 is 1. The average molecular weight is 464 g/mol. The van der Waals surface area contributed by atoms with Crippen LogP contribution in [0.5, 0.6) is 0 Å². The number of hydrogen-bond acceptors (Lipinski definition) is 8. The molecule has 0 fully saturated rings. The first-order valence-corrected chi connectivity index (χ1v) is 11.7. The van der Waals surface area contributed by atoms with Gasteiger partial charge in [-0.05, 0) is 18.6 Å². The van der Waals surface area contributed by atoms with Crippen LogP contribution < -0.4 is 21.9 Å². The summed E-state index contributed by atoms with van der Waals surface area (Å²) in [5, 5.41) is 0. The molecule has 0 saturated carbocycles. The Kier molecular flexibility index (Phi) is 7.88. The number of benzene rings is 1. The summed E-state index contributed by atoms with van der Waals surface area (Å²) in [6.45, 7) is 2.69. The van der Waals surface area contributed by atoms with Crippen LogP contribution in [0.2, 0.25) is 0 Å². The molecule has 11 heteroatoms. The van der Waals surface area contributed by atoms with Gasteiger partial charge in [0.2, 0.25) is 5.91 Å². The van der Waals surface area contributed by atoms with Crippen molar-refractivity contribution in [3.63, 3.8) is 0 Å². The molecule has 2 heterocycles. The molecule has 2 aromatic heterocycles. The number of thioether (sulfide) groups is 1. The maximum absolute atomic E-state index is 13.1. The van der Waals surface area contributed by atoms with Gasteiger partial charge in [-0.2, -0.15) is 0 Å². The number of fused-ring (bicyclic) bond motifs is 1. The van der Waals surface area contributed by atoms with Crippen molar-refractivity contribution in [1.82, 2.24) is 14.5 Å². The van der Waals surface area contributed by atoms with Crippen molar-refractivity contribution in [2.75, 3.05) is 36.6 Å². The van der Waals surface area contributed by atoms with Gasteiger partial charge in [-0.3, -0.25) is 19.1 Å². The first-order chi connectivity index (χ1) is 15.0. The molecule has 0 bridgehead atoms. The van der Waals surface area contributed by atoms with E-state index in [-0.39, 0.29) is 36.3 Å². The van der Waals surface area contributed by atoms with Crippen LogP contribution in [-0.4, -0.2) is 46.5 Å². The van der Waals surface area contributed by atoms with Gasteiger partial charge in [0.05, 0.1) is 22.6 Å². The number of rotatable bonds is 10. The lowest BCUT2D eigenvalue weighted by Gasteiger charge is -2.24. The number of nitrogens with one attached hydrogen (secondary N) is 1. The largest absolute Gasteiger partial charge is 0.383 e. The van der Waals surface area contributed by atoms with Gasteiger partial charge in [0.1, 0.15) is 5.82 Å². The Morgan fingerprint density at radius 1 is 1.35 bits per heavy atom. The molecule has 3 N–H and O–H groups in total. The monoisotopic (exact) mass is 463 g/mol. The van der Waals surface area contributed by atoms with E-state index in [1.807, 2.05) is 31.2 Å². The van der Waals surface area contributed by atoms with Crippen molar-refractivity contribution in [3.8, 4) is 0 Å². The molecule has 0 aliphatic rings. The van der Waals surface area contributed by atoms with Gasteiger partial charge in [-0.1, -0.05) is 37.2 Å². The summed E-state index contributed by atoms with van der Waals surface area (Å²) in [7, 11) is 1.51. The van der Waals surface area contributed by atoms with Gasteiger partial charge >= 0.3 is 5.69 Å². The quantitative estimate of drug-likeness (QED) is 0.442. The number of unbranched alkanes of at least 4 members (excludes halogenated alkanes) is 1. The highest BCUT2D eigenvalue weighted by Crippen LogP contribution is 2.30. The summed E-state index contributed by atoms with van der Waals surface area (Å²) < 4.78 is 8.21. The molecular weight excluding hydrogens is 438 g/mol. The highest BCUT2D eigenvalue weighted by molar-refractivity contribution is 8.01. The summed E-state index contributed by atoms with van der Waals surface area (Å²) in [6.07, 6.45) is 1.57.